The van der Waals surface area contributed by atoms with Crippen molar-refractivity contribution in [2.24, 2.45) is 0 Å². The van der Waals surface area contributed by atoms with Gasteiger partial charge >= 0.3 is 12.1 Å². The van der Waals surface area contributed by atoms with Crippen LogP contribution in [0.5, 0.6) is 0 Å². The van der Waals surface area contributed by atoms with Gasteiger partial charge in [0.2, 0.25) is 0 Å². The average molecular weight is 383 g/mol. The second kappa shape index (κ2) is 7.45. The largest absolute Gasteiger partial charge is 0.481 e. The van der Waals surface area contributed by atoms with E-state index in [1.54, 1.807) is 25.7 Å². The number of carboxylic acid groups (broad SMARTS) is 1. The molecule has 0 radical (unpaired) electrons. The lowest BCUT2D eigenvalue weighted by atomic mass is 9.83. The van der Waals surface area contributed by atoms with Crippen LogP contribution in [0.15, 0.2) is 24.3 Å². The van der Waals surface area contributed by atoms with Crippen molar-refractivity contribution < 1.29 is 19.4 Å². The minimum absolute atomic E-state index is 0.0579. The van der Waals surface area contributed by atoms with Crippen LogP contribution in [0.1, 0.15) is 45.7 Å². The normalized spacial score (nSPS) is 17.6. The number of benzene rings is 1. The van der Waals surface area contributed by atoms with E-state index in [0.29, 0.717) is 18.1 Å². The highest BCUT2D eigenvalue weighted by Crippen LogP contribution is 2.38. The quantitative estimate of drug-likeness (QED) is 0.838. The Hall–Kier alpha value is -1.79. The fourth-order valence-electron chi connectivity index (χ4n) is 3.29. The monoisotopic (exact) mass is 382 g/mol. The summed E-state index contributed by atoms with van der Waals surface area (Å²) in [7, 11) is 1.88. The number of amides is 1. The van der Waals surface area contributed by atoms with Gasteiger partial charge in [-0.05, 0) is 46.4 Å². The van der Waals surface area contributed by atoms with Gasteiger partial charge in [-0.15, -0.1) is 0 Å². The Kier molecular flexibility index (Phi) is 5.88. The van der Waals surface area contributed by atoms with Gasteiger partial charge in [0.05, 0.1) is 12.0 Å². The van der Waals surface area contributed by atoms with Crippen LogP contribution in [0.4, 0.5) is 4.79 Å². The van der Waals surface area contributed by atoms with Gasteiger partial charge in [0, 0.05) is 24.2 Å². The summed E-state index contributed by atoms with van der Waals surface area (Å²) in [5.74, 6) is -0.896. The zero-order valence-electron chi connectivity index (χ0n) is 16.0. The molecule has 2 rings (SSSR count). The number of halogens is 1. The fourth-order valence-corrected chi connectivity index (χ4v) is 3.59. The zero-order valence-corrected chi connectivity index (χ0v) is 16.7. The van der Waals surface area contributed by atoms with E-state index in [-0.39, 0.29) is 12.5 Å². The number of likely N-dealkylation sites (tertiary alicyclic amines) is 1. The van der Waals surface area contributed by atoms with Crippen molar-refractivity contribution in [3.8, 4) is 0 Å². The SMILES string of the molecule is CC(c1ccccc1Cl)N(C)C1(CC(=O)O)CN(C(=O)OC(C)(C)C)C1. The first-order valence-electron chi connectivity index (χ1n) is 8.62. The summed E-state index contributed by atoms with van der Waals surface area (Å²) in [6.07, 6.45) is -0.477. The molecule has 0 aliphatic carbocycles. The summed E-state index contributed by atoms with van der Waals surface area (Å²) in [5.41, 5.74) is -0.308. The first kappa shape index (κ1) is 20.5. The van der Waals surface area contributed by atoms with E-state index < -0.39 is 23.2 Å². The summed E-state index contributed by atoms with van der Waals surface area (Å²) in [6.45, 7) is 8.02. The number of rotatable bonds is 5. The minimum Gasteiger partial charge on any atom is -0.481 e. The summed E-state index contributed by atoms with van der Waals surface area (Å²) in [6, 6.07) is 7.42. The number of nitrogens with zero attached hydrogens (tertiary/aromatic N) is 2. The van der Waals surface area contributed by atoms with Crippen molar-refractivity contribution in [1.82, 2.24) is 9.80 Å². The van der Waals surface area contributed by atoms with Crippen molar-refractivity contribution in [2.45, 2.75) is 51.3 Å². The van der Waals surface area contributed by atoms with Crippen molar-refractivity contribution >= 4 is 23.7 Å². The number of carbonyl (C=O) groups is 2. The Morgan fingerprint density at radius 1 is 1.35 bits per heavy atom. The van der Waals surface area contributed by atoms with Crippen LogP contribution >= 0.6 is 11.6 Å². The Morgan fingerprint density at radius 3 is 2.42 bits per heavy atom. The molecule has 1 heterocycles. The lowest BCUT2D eigenvalue weighted by Crippen LogP contribution is -2.71. The molecule has 0 bridgehead atoms. The topological polar surface area (TPSA) is 70.1 Å². The molecule has 1 amide bonds. The molecule has 144 valence electrons. The highest BCUT2D eigenvalue weighted by Gasteiger charge is 2.51. The van der Waals surface area contributed by atoms with Gasteiger partial charge in [-0.3, -0.25) is 9.69 Å². The smallest absolute Gasteiger partial charge is 0.410 e. The van der Waals surface area contributed by atoms with E-state index >= 15 is 0 Å². The highest BCUT2D eigenvalue weighted by molar-refractivity contribution is 6.31. The summed E-state index contributed by atoms with van der Waals surface area (Å²) >= 11 is 6.30. The number of hydrogen-bond acceptors (Lipinski definition) is 4. The minimum atomic E-state index is -0.896. The fraction of sp³-hybridized carbons (Fsp3) is 0.579. The van der Waals surface area contributed by atoms with E-state index in [1.165, 1.54) is 0 Å². The van der Waals surface area contributed by atoms with E-state index in [4.69, 9.17) is 16.3 Å². The first-order chi connectivity index (χ1) is 11.9. The van der Waals surface area contributed by atoms with Gasteiger partial charge in [0.25, 0.3) is 0 Å². The Balaban J connectivity index is 2.17. The second-order valence-corrected chi connectivity index (χ2v) is 8.35. The van der Waals surface area contributed by atoms with E-state index in [9.17, 15) is 14.7 Å². The number of hydrogen-bond donors (Lipinski definition) is 1. The Morgan fingerprint density at radius 2 is 1.92 bits per heavy atom. The lowest BCUT2D eigenvalue weighted by Gasteiger charge is -2.55. The molecule has 1 aromatic carbocycles. The molecule has 1 aromatic rings. The second-order valence-electron chi connectivity index (χ2n) is 7.94. The zero-order chi connectivity index (χ0) is 19.7. The molecule has 1 fully saturated rings. The maximum Gasteiger partial charge on any atom is 0.410 e. The van der Waals surface area contributed by atoms with Gasteiger partial charge in [-0.25, -0.2) is 4.79 Å². The lowest BCUT2D eigenvalue weighted by molar-refractivity contribution is -0.146. The van der Waals surface area contributed by atoms with E-state index in [1.807, 2.05) is 43.1 Å². The molecule has 0 aromatic heterocycles. The summed E-state index contributed by atoms with van der Waals surface area (Å²) < 4.78 is 5.38. The van der Waals surface area contributed by atoms with Crippen molar-refractivity contribution in [3.05, 3.63) is 34.9 Å². The average Bonchev–Trinajstić information content (AvgIpc) is 2.47. The van der Waals surface area contributed by atoms with Crippen LogP contribution in [0.2, 0.25) is 5.02 Å². The summed E-state index contributed by atoms with van der Waals surface area (Å²) in [4.78, 5) is 27.3. The Labute approximate surface area is 159 Å². The number of likely N-dealkylation sites (N-methyl/N-ethyl adjacent to an activating group) is 1. The molecule has 26 heavy (non-hydrogen) atoms. The van der Waals surface area contributed by atoms with Crippen molar-refractivity contribution in [2.75, 3.05) is 20.1 Å². The molecule has 1 saturated heterocycles. The third-order valence-electron chi connectivity index (χ3n) is 4.79. The first-order valence-corrected chi connectivity index (χ1v) is 9.00. The van der Waals surface area contributed by atoms with Crippen LogP contribution in [-0.4, -0.2) is 58.2 Å². The third-order valence-corrected chi connectivity index (χ3v) is 5.13. The molecule has 1 unspecified atom stereocenters. The predicted molar refractivity (Wildman–Crippen MR) is 100 cm³/mol. The van der Waals surface area contributed by atoms with Crippen LogP contribution in [0.3, 0.4) is 0 Å². The molecular weight excluding hydrogens is 356 g/mol. The Bertz CT molecular complexity index is 680. The van der Waals surface area contributed by atoms with E-state index in [2.05, 4.69) is 0 Å². The molecule has 0 saturated carbocycles. The summed E-state index contributed by atoms with van der Waals surface area (Å²) in [5, 5.41) is 10.0. The van der Waals surface area contributed by atoms with Crippen LogP contribution in [-0.2, 0) is 9.53 Å². The van der Waals surface area contributed by atoms with Gasteiger partial charge < -0.3 is 14.7 Å². The van der Waals surface area contributed by atoms with Gasteiger partial charge in [-0.1, -0.05) is 29.8 Å². The molecule has 1 aliphatic rings. The molecule has 7 heteroatoms. The molecule has 1 aliphatic heterocycles. The number of ether oxygens (including phenoxy) is 1. The van der Waals surface area contributed by atoms with Crippen LogP contribution < -0.4 is 0 Å². The molecule has 1 N–H and O–H groups in total. The highest BCUT2D eigenvalue weighted by atomic mass is 35.5. The standard InChI is InChI=1S/C19H27ClN2O4/c1-13(14-8-6-7-9-15(14)20)21(5)19(10-16(23)24)11-22(12-19)17(25)26-18(2,3)4/h6-9,13H,10-12H2,1-5H3,(H,23,24). The maximum atomic E-state index is 12.2. The number of carbonyl (C=O) groups excluding carboxylic acids is 1. The van der Waals surface area contributed by atoms with E-state index in [0.717, 1.165) is 5.56 Å². The number of carboxylic acids is 1. The maximum absolute atomic E-state index is 12.2. The van der Waals surface area contributed by atoms with Gasteiger partial charge in [-0.2, -0.15) is 0 Å². The molecule has 0 spiro atoms. The molecular formula is C19H27ClN2O4. The third kappa shape index (κ3) is 4.48. The van der Waals surface area contributed by atoms with Crippen LogP contribution in [0, 0.1) is 0 Å². The molecule has 6 nitrogen and oxygen atoms in total. The number of aliphatic carboxylic acids is 1. The van der Waals surface area contributed by atoms with Crippen molar-refractivity contribution in [1.29, 1.82) is 0 Å². The van der Waals surface area contributed by atoms with Crippen molar-refractivity contribution in [3.63, 3.8) is 0 Å². The predicted octanol–water partition coefficient (Wildman–Crippen LogP) is 3.80. The van der Waals surface area contributed by atoms with Crippen LogP contribution in [0.25, 0.3) is 0 Å². The molecule has 1 atom stereocenters. The van der Waals surface area contributed by atoms with Gasteiger partial charge in [0.15, 0.2) is 0 Å². The van der Waals surface area contributed by atoms with Gasteiger partial charge in [0.1, 0.15) is 5.60 Å².